The van der Waals surface area contributed by atoms with E-state index < -0.39 is 0 Å². The summed E-state index contributed by atoms with van der Waals surface area (Å²) in [6.07, 6.45) is 5.74. The normalized spacial score (nSPS) is 10.1. The van der Waals surface area contributed by atoms with Crippen LogP contribution in [0.3, 0.4) is 0 Å². The average Bonchev–Trinajstić information content (AvgIpc) is 2.93. The molecule has 0 spiro atoms. The molecule has 94 valence electrons. The van der Waals surface area contributed by atoms with Crippen LogP contribution in [0.5, 0.6) is 11.5 Å². The summed E-state index contributed by atoms with van der Waals surface area (Å²) < 4.78 is 16.1. The van der Waals surface area contributed by atoms with E-state index in [0.29, 0.717) is 24.0 Å². The Morgan fingerprint density at radius 2 is 2.28 bits per heavy atom. The van der Waals surface area contributed by atoms with Gasteiger partial charge in [-0.1, -0.05) is 6.08 Å². The van der Waals surface area contributed by atoms with Gasteiger partial charge in [0.25, 0.3) is 0 Å². The molecule has 0 amide bonds. The number of ether oxygens (including phenoxy) is 2. The number of aromatic nitrogens is 1. The lowest BCUT2D eigenvalue weighted by molar-refractivity contribution is 0.300. The lowest BCUT2D eigenvalue weighted by atomic mass is 10.2. The zero-order valence-electron chi connectivity index (χ0n) is 10.3. The van der Waals surface area contributed by atoms with Gasteiger partial charge in [0.2, 0.25) is 5.89 Å². The Bertz CT molecular complexity index is 506. The molecular weight excluding hydrogens is 230 g/mol. The summed E-state index contributed by atoms with van der Waals surface area (Å²) in [5, 5.41) is 0. The molecule has 0 radical (unpaired) electrons. The maximum absolute atomic E-state index is 5.64. The number of oxazole rings is 1. The molecule has 1 heterocycles. The van der Waals surface area contributed by atoms with Crippen molar-refractivity contribution in [2.45, 2.75) is 6.42 Å². The summed E-state index contributed by atoms with van der Waals surface area (Å²) in [7, 11) is 1.61. The molecule has 18 heavy (non-hydrogen) atoms. The van der Waals surface area contributed by atoms with E-state index in [1.54, 1.807) is 13.3 Å². The summed E-state index contributed by atoms with van der Waals surface area (Å²) in [4.78, 5) is 4.10. The molecule has 0 saturated heterocycles. The van der Waals surface area contributed by atoms with Crippen LogP contribution in [0.4, 0.5) is 0 Å². The number of methoxy groups -OCH3 is 1. The van der Waals surface area contributed by atoms with Gasteiger partial charge in [0.15, 0.2) is 11.5 Å². The molecule has 0 aliphatic carbocycles. The van der Waals surface area contributed by atoms with Gasteiger partial charge in [-0.2, -0.15) is 0 Å². The second-order valence-electron chi connectivity index (χ2n) is 3.63. The molecule has 0 unspecified atom stereocenters. The monoisotopic (exact) mass is 245 g/mol. The Hall–Kier alpha value is -2.23. The molecule has 1 aromatic heterocycles. The molecule has 2 aromatic rings. The zero-order valence-corrected chi connectivity index (χ0v) is 10.3. The van der Waals surface area contributed by atoms with Crippen LogP contribution >= 0.6 is 0 Å². The lowest BCUT2D eigenvalue weighted by Gasteiger charge is -2.10. The molecule has 4 heteroatoms. The van der Waals surface area contributed by atoms with Crippen molar-refractivity contribution in [2.75, 3.05) is 13.7 Å². The second-order valence-corrected chi connectivity index (χ2v) is 3.63. The maximum Gasteiger partial charge on any atom is 0.225 e. The Balaban J connectivity index is 2.24. The number of benzene rings is 1. The van der Waals surface area contributed by atoms with Crippen molar-refractivity contribution in [3.8, 4) is 23.0 Å². The van der Waals surface area contributed by atoms with Crippen molar-refractivity contribution < 1.29 is 13.9 Å². The van der Waals surface area contributed by atoms with Crippen LogP contribution in [0, 0.1) is 0 Å². The third kappa shape index (κ3) is 2.71. The van der Waals surface area contributed by atoms with Crippen molar-refractivity contribution in [1.82, 2.24) is 4.98 Å². The molecular formula is C14H15NO3. The molecule has 0 aliphatic rings. The molecule has 0 atom stereocenters. The predicted molar refractivity (Wildman–Crippen MR) is 68.8 cm³/mol. The summed E-state index contributed by atoms with van der Waals surface area (Å²) in [6, 6.07) is 5.57. The zero-order chi connectivity index (χ0) is 12.8. The Morgan fingerprint density at radius 1 is 1.39 bits per heavy atom. The fourth-order valence-corrected chi connectivity index (χ4v) is 1.54. The third-order valence-electron chi connectivity index (χ3n) is 2.42. The predicted octanol–water partition coefficient (Wildman–Crippen LogP) is 3.31. The first-order valence-electron chi connectivity index (χ1n) is 5.66. The SMILES string of the molecule is C=CCCOc1cc(-c2ncco2)ccc1OC. The summed E-state index contributed by atoms with van der Waals surface area (Å²) in [5.41, 5.74) is 0.856. The molecule has 0 saturated carbocycles. The molecule has 0 fully saturated rings. The van der Waals surface area contributed by atoms with Crippen LogP contribution in [0.15, 0.2) is 47.7 Å². The molecule has 0 bridgehead atoms. The first-order chi connectivity index (χ1) is 8.85. The number of hydrogen-bond donors (Lipinski definition) is 0. The maximum atomic E-state index is 5.64. The highest BCUT2D eigenvalue weighted by molar-refractivity contribution is 5.59. The van der Waals surface area contributed by atoms with Gasteiger partial charge in [0, 0.05) is 5.56 Å². The first kappa shape index (κ1) is 12.2. The Kier molecular flexibility index (Phi) is 4.02. The van der Waals surface area contributed by atoms with Crippen molar-refractivity contribution in [1.29, 1.82) is 0 Å². The van der Waals surface area contributed by atoms with Crippen LogP contribution in [-0.4, -0.2) is 18.7 Å². The van der Waals surface area contributed by atoms with Crippen LogP contribution < -0.4 is 9.47 Å². The van der Waals surface area contributed by atoms with Gasteiger partial charge in [0.1, 0.15) is 6.26 Å². The van der Waals surface area contributed by atoms with Crippen LogP contribution in [0.25, 0.3) is 11.5 Å². The van der Waals surface area contributed by atoms with E-state index in [1.807, 2.05) is 24.3 Å². The van der Waals surface area contributed by atoms with Crippen LogP contribution in [0.2, 0.25) is 0 Å². The highest BCUT2D eigenvalue weighted by atomic mass is 16.5. The Labute approximate surface area is 106 Å². The fourth-order valence-electron chi connectivity index (χ4n) is 1.54. The second kappa shape index (κ2) is 5.91. The molecule has 2 rings (SSSR count). The number of nitrogens with zero attached hydrogens (tertiary/aromatic N) is 1. The topological polar surface area (TPSA) is 44.5 Å². The van der Waals surface area contributed by atoms with Gasteiger partial charge in [-0.3, -0.25) is 0 Å². The first-order valence-corrected chi connectivity index (χ1v) is 5.66. The van der Waals surface area contributed by atoms with Crippen LogP contribution in [0.1, 0.15) is 6.42 Å². The highest BCUT2D eigenvalue weighted by Crippen LogP contribution is 2.32. The quantitative estimate of drug-likeness (QED) is 0.578. The molecule has 1 aromatic carbocycles. The standard InChI is InChI=1S/C14H15NO3/c1-3-4-8-17-13-10-11(5-6-12(13)16-2)14-15-7-9-18-14/h3,5-7,9-10H,1,4,8H2,2H3. The van der Waals surface area contributed by atoms with E-state index in [0.717, 1.165) is 12.0 Å². The van der Waals surface area contributed by atoms with Gasteiger partial charge >= 0.3 is 0 Å². The van der Waals surface area contributed by atoms with Gasteiger partial charge in [-0.25, -0.2) is 4.98 Å². The van der Waals surface area contributed by atoms with E-state index in [9.17, 15) is 0 Å². The van der Waals surface area contributed by atoms with Crippen molar-refractivity contribution in [2.24, 2.45) is 0 Å². The van der Waals surface area contributed by atoms with E-state index >= 15 is 0 Å². The lowest BCUT2D eigenvalue weighted by Crippen LogP contribution is -1.98. The summed E-state index contributed by atoms with van der Waals surface area (Å²) in [5.74, 6) is 1.93. The smallest absolute Gasteiger partial charge is 0.225 e. The fraction of sp³-hybridized carbons (Fsp3) is 0.214. The minimum absolute atomic E-state index is 0.561. The third-order valence-corrected chi connectivity index (χ3v) is 2.42. The molecule has 0 aliphatic heterocycles. The van der Waals surface area contributed by atoms with Gasteiger partial charge in [0.05, 0.1) is 19.9 Å². The van der Waals surface area contributed by atoms with Crippen LogP contribution in [-0.2, 0) is 0 Å². The average molecular weight is 245 g/mol. The minimum atomic E-state index is 0.561. The van der Waals surface area contributed by atoms with Crippen molar-refractivity contribution >= 4 is 0 Å². The van der Waals surface area contributed by atoms with E-state index in [1.165, 1.54) is 6.26 Å². The van der Waals surface area contributed by atoms with Gasteiger partial charge in [-0.05, 0) is 24.6 Å². The van der Waals surface area contributed by atoms with Crippen molar-refractivity contribution in [3.63, 3.8) is 0 Å². The minimum Gasteiger partial charge on any atom is -0.493 e. The van der Waals surface area contributed by atoms with E-state index in [-0.39, 0.29) is 0 Å². The highest BCUT2D eigenvalue weighted by Gasteiger charge is 2.09. The van der Waals surface area contributed by atoms with Gasteiger partial charge < -0.3 is 13.9 Å². The van der Waals surface area contributed by atoms with Gasteiger partial charge in [-0.15, -0.1) is 6.58 Å². The number of hydrogen-bond acceptors (Lipinski definition) is 4. The molecule has 4 nitrogen and oxygen atoms in total. The Morgan fingerprint density at radius 3 is 2.94 bits per heavy atom. The van der Waals surface area contributed by atoms with E-state index in [2.05, 4.69) is 11.6 Å². The molecule has 0 N–H and O–H groups in total. The van der Waals surface area contributed by atoms with Crippen molar-refractivity contribution in [3.05, 3.63) is 43.3 Å². The largest absolute Gasteiger partial charge is 0.493 e. The number of rotatable bonds is 6. The summed E-state index contributed by atoms with van der Waals surface area (Å²) >= 11 is 0. The van der Waals surface area contributed by atoms with E-state index in [4.69, 9.17) is 13.9 Å². The summed E-state index contributed by atoms with van der Waals surface area (Å²) in [6.45, 7) is 4.22.